The highest BCUT2D eigenvalue weighted by Gasteiger charge is 2.17. The molecule has 158 valence electrons. The Kier molecular flexibility index (Phi) is 4.95. The predicted molar refractivity (Wildman–Crippen MR) is 118 cm³/mol. The van der Waals surface area contributed by atoms with Crippen LogP contribution in [0.5, 0.6) is 0 Å². The third kappa shape index (κ3) is 3.85. The summed E-state index contributed by atoms with van der Waals surface area (Å²) in [5, 5.41) is 7.22. The molecule has 1 amide bonds. The number of nitrogens with one attached hydrogen (secondary N) is 1. The minimum atomic E-state index is -0.489. The Morgan fingerprint density at radius 1 is 1.09 bits per heavy atom. The molecule has 2 aromatic carbocycles. The lowest BCUT2D eigenvalue weighted by Crippen LogP contribution is -2.15. The Balaban J connectivity index is 1.52. The van der Waals surface area contributed by atoms with Crippen LogP contribution >= 0.6 is 0 Å². The molecule has 32 heavy (non-hydrogen) atoms. The number of hydrogen-bond acceptors (Lipinski definition) is 5. The van der Waals surface area contributed by atoms with Crippen molar-refractivity contribution >= 4 is 22.7 Å². The van der Waals surface area contributed by atoms with Crippen LogP contribution in [0.15, 0.2) is 77.5 Å². The van der Waals surface area contributed by atoms with Crippen molar-refractivity contribution in [3.05, 3.63) is 90.3 Å². The largest absolute Gasteiger partial charge is 0.443 e. The fourth-order valence-electron chi connectivity index (χ4n) is 3.48. The molecule has 0 saturated heterocycles. The summed E-state index contributed by atoms with van der Waals surface area (Å²) < 4.78 is 21.0. The SMILES string of the molecule is Cc1cccc(-n2nc(CC(=O)Nc3ccccc3F)cc2-c2ccc3ncoc3c2)n1. The minimum absolute atomic E-state index is 0.0231. The molecule has 1 N–H and O–H groups in total. The first kappa shape index (κ1) is 19.6. The zero-order valence-corrected chi connectivity index (χ0v) is 17.1. The molecule has 5 aromatic rings. The molecule has 0 radical (unpaired) electrons. The first-order valence-corrected chi connectivity index (χ1v) is 9.98. The molecule has 0 saturated carbocycles. The Hall–Kier alpha value is -4.33. The average molecular weight is 427 g/mol. The highest BCUT2D eigenvalue weighted by atomic mass is 19.1. The predicted octanol–water partition coefficient (Wildman–Crippen LogP) is 4.70. The van der Waals surface area contributed by atoms with Gasteiger partial charge in [0, 0.05) is 11.3 Å². The van der Waals surface area contributed by atoms with Crippen LogP contribution in [0.25, 0.3) is 28.2 Å². The van der Waals surface area contributed by atoms with Gasteiger partial charge in [0.05, 0.1) is 23.5 Å². The molecular formula is C24H18FN5O2. The maximum Gasteiger partial charge on any atom is 0.230 e. The number of benzene rings is 2. The molecule has 0 aliphatic heterocycles. The van der Waals surface area contributed by atoms with Gasteiger partial charge in [-0.15, -0.1) is 0 Å². The van der Waals surface area contributed by atoms with Crippen LogP contribution in [0.4, 0.5) is 10.1 Å². The summed E-state index contributed by atoms with van der Waals surface area (Å²) in [7, 11) is 0. The van der Waals surface area contributed by atoms with Crippen LogP contribution in [-0.2, 0) is 11.2 Å². The van der Waals surface area contributed by atoms with Crippen molar-refractivity contribution in [3.63, 3.8) is 0 Å². The molecule has 3 heterocycles. The van der Waals surface area contributed by atoms with Gasteiger partial charge in [-0.3, -0.25) is 4.79 Å². The summed E-state index contributed by atoms with van der Waals surface area (Å²) in [4.78, 5) is 21.3. The number of rotatable bonds is 5. The number of aryl methyl sites for hydroxylation is 1. The molecule has 7 nitrogen and oxygen atoms in total. The second-order valence-electron chi connectivity index (χ2n) is 7.31. The number of fused-ring (bicyclic) bond motifs is 1. The van der Waals surface area contributed by atoms with Gasteiger partial charge in [-0.05, 0) is 49.4 Å². The van der Waals surface area contributed by atoms with Crippen LogP contribution in [0.2, 0.25) is 0 Å². The number of nitrogens with zero attached hydrogens (tertiary/aromatic N) is 4. The first-order valence-electron chi connectivity index (χ1n) is 9.98. The summed E-state index contributed by atoms with van der Waals surface area (Å²) in [6.07, 6.45) is 1.37. The molecule has 0 bridgehead atoms. The number of hydrogen-bond donors (Lipinski definition) is 1. The smallest absolute Gasteiger partial charge is 0.230 e. The Bertz CT molecular complexity index is 1440. The average Bonchev–Trinajstić information content (AvgIpc) is 3.42. The van der Waals surface area contributed by atoms with Crippen LogP contribution in [-0.4, -0.2) is 25.7 Å². The lowest BCUT2D eigenvalue weighted by Gasteiger charge is -2.07. The Labute approximate surface area is 182 Å². The van der Waals surface area contributed by atoms with Gasteiger partial charge in [0.15, 0.2) is 17.8 Å². The topological polar surface area (TPSA) is 85.8 Å². The number of oxazole rings is 1. The summed E-state index contributed by atoms with van der Waals surface area (Å²) in [5.74, 6) is -0.232. The van der Waals surface area contributed by atoms with Gasteiger partial charge < -0.3 is 9.73 Å². The number of halogens is 1. The zero-order chi connectivity index (χ0) is 22.1. The third-order valence-electron chi connectivity index (χ3n) is 4.97. The van der Waals surface area contributed by atoms with Gasteiger partial charge in [-0.1, -0.05) is 24.3 Å². The fraction of sp³-hybridized carbons (Fsp3) is 0.0833. The molecule has 0 aliphatic carbocycles. The lowest BCUT2D eigenvalue weighted by molar-refractivity contribution is -0.115. The third-order valence-corrected chi connectivity index (χ3v) is 4.97. The lowest BCUT2D eigenvalue weighted by atomic mass is 10.1. The van der Waals surface area contributed by atoms with Crippen molar-refractivity contribution in [1.29, 1.82) is 0 Å². The van der Waals surface area contributed by atoms with Gasteiger partial charge in [0.2, 0.25) is 5.91 Å². The van der Waals surface area contributed by atoms with Crippen molar-refractivity contribution in [2.75, 3.05) is 5.32 Å². The number of para-hydroxylation sites is 1. The molecular weight excluding hydrogens is 409 g/mol. The van der Waals surface area contributed by atoms with Crippen molar-refractivity contribution in [1.82, 2.24) is 19.7 Å². The standard InChI is InChI=1S/C24H18FN5O2/c1-15-5-4-8-23(27-15)30-21(16-9-10-20-22(11-16)32-14-26-20)12-17(29-30)13-24(31)28-19-7-3-2-6-18(19)25/h2-12,14H,13H2,1H3,(H,28,31). The van der Waals surface area contributed by atoms with Crippen LogP contribution in [0.1, 0.15) is 11.4 Å². The van der Waals surface area contributed by atoms with E-state index >= 15 is 0 Å². The van der Waals surface area contributed by atoms with E-state index in [0.29, 0.717) is 17.1 Å². The number of pyridine rings is 1. The zero-order valence-electron chi connectivity index (χ0n) is 17.1. The number of aromatic nitrogens is 4. The fourth-order valence-corrected chi connectivity index (χ4v) is 3.48. The van der Waals surface area contributed by atoms with Gasteiger partial charge >= 0.3 is 0 Å². The van der Waals surface area contributed by atoms with Crippen molar-refractivity contribution < 1.29 is 13.6 Å². The van der Waals surface area contributed by atoms with E-state index in [4.69, 9.17) is 4.42 Å². The van der Waals surface area contributed by atoms with E-state index in [1.807, 2.05) is 49.4 Å². The number of carbonyl (C=O) groups is 1. The molecule has 0 spiro atoms. The van der Waals surface area contributed by atoms with E-state index in [1.54, 1.807) is 16.8 Å². The van der Waals surface area contributed by atoms with Crippen LogP contribution in [0.3, 0.4) is 0 Å². The normalized spacial score (nSPS) is 11.1. The van der Waals surface area contributed by atoms with Gasteiger partial charge in [0.25, 0.3) is 0 Å². The summed E-state index contributed by atoms with van der Waals surface area (Å²) in [6.45, 7) is 1.90. The molecule has 0 unspecified atom stereocenters. The second-order valence-corrected chi connectivity index (χ2v) is 7.31. The molecule has 0 aliphatic rings. The summed E-state index contributed by atoms with van der Waals surface area (Å²) >= 11 is 0. The van der Waals surface area contributed by atoms with E-state index in [0.717, 1.165) is 22.5 Å². The van der Waals surface area contributed by atoms with Gasteiger partial charge in [-0.2, -0.15) is 5.10 Å². The van der Waals surface area contributed by atoms with Crippen LogP contribution in [0, 0.1) is 12.7 Å². The summed E-state index contributed by atoms with van der Waals surface area (Å²) in [6, 6.07) is 19.1. The van der Waals surface area contributed by atoms with E-state index in [-0.39, 0.29) is 18.0 Å². The van der Waals surface area contributed by atoms with E-state index in [9.17, 15) is 9.18 Å². The maximum atomic E-state index is 13.9. The molecule has 8 heteroatoms. The van der Waals surface area contributed by atoms with Crippen LogP contribution < -0.4 is 5.32 Å². The van der Waals surface area contributed by atoms with Crippen molar-refractivity contribution in [2.45, 2.75) is 13.3 Å². The maximum absolute atomic E-state index is 13.9. The van der Waals surface area contributed by atoms with Crippen molar-refractivity contribution in [3.8, 4) is 17.1 Å². The number of anilines is 1. The Morgan fingerprint density at radius 3 is 2.81 bits per heavy atom. The first-order chi connectivity index (χ1) is 15.6. The van der Waals surface area contributed by atoms with E-state index in [1.165, 1.54) is 18.5 Å². The minimum Gasteiger partial charge on any atom is -0.443 e. The highest BCUT2D eigenvalue weighted by molar-refractivity contribution is 5.92. The molecule has 0 fully saturated rings. The Morgan fingerprint density at radius 2 is 1.97 bits per heavy atom. The summed E-state index contributed by atoms with van der Waals surface area (Å²) in [5.41, 5.74) is 4.47. The second kappa shape index (κ2) is 8.07. The highest BCUT2D eigenvalue weighted by Crippen LogP contribution is 2.27. The van der Waals surface area contributed by atoms with Gasteiger partial charge in [-0.25, -0.2) is 19.0 Å². The number of amides is 1. The molecule has 0 atom stereocenters. The number of carbonyl (C=O) groups excluding carboxylic acids is 1. The quantitative estimate of drug-likeness (QED) is 0.439. The van der Waals surface area contributed by atoms with Gasteiger partial charge in [0.1, 0.15) is 11.3 Å². The molecule has 5 rings (SSSR count). The van der Waals surface area contributed by atoms with Crippen molar-refractivity contribution in [2.24, 2.45) is 0 Å². The van der Waals surface area contributed by atoms with E-state index < -0.39 is 5.82 Å². The monoisotopic (exact) mass is 427 g/mol. The van der Waals surface area contributed by atoms with E-state index in [2.05, 4.69) is 20.4 Å². The molecule has 3 aromatic heterocycles.